The Morgan fingerprint density at radius 1 is 1.04 bits per heavy atom. The van der Waals surface area contributed by atoms with Gasteiger partial charge in [-0.25, -0.2) is 0 Å². The molecule has 11 heteroatoms. The number of rotatable bonds is 11. The zero-order chi connectivity index (χ0) is 35.9. The second kappa shape index (κ2) is 14.6. The first kappa shape index (κ1) is 36.0. The first-order valence-electron chi connectivity index (χ1n) is 17.3. The maximum atomic E-state index is 15.1. The van der Waals surface area contributed by atoms with Gasteiger partial charge in [0.25, 0.3) is 5.91 Å². The number of halogens is 2. The number of methoxy groups -OCH3 is 1. The molecular formula is C40H42BrIN4O4Si. The van der Waals surface area contributed by atoms with Crippen molar-refractivity contribution in [2.75, 3.05) is 18.6 Å². The Morgan fingerprint density at radius 2 is 1.76 bits per heavy atom. The molecule has 5 aromatic rings. The van der Waals surface area contributed by atoms with Gasteiger partial charge < -0.3 is 19.5 Å². The van der Waals surface area contributed by atoms with E-state index in [0.717, 1.165) is 41.9 Å². The van der Waals surface area contributed by atoms with Crippen molar-refractivity contribution >= 4 is 63.4 Å². The molecule has 1 aromatic heterocycles. The number of carbonyl (C=O) groups is 1. The summed E-state index contributed by atoms with van der Waals surface area (Å²) in [5, 5.41) is 20.5. The van der Waals surface area contributed by atoms with E-state index >= 15 is 4.79 Å². The Labute approximate surface area is 322 Å². The maximum absolute atomic E-state index is 15.1. The monoisotopic (exact) mass is 876 g/mol. The Hall–Kier alpha value is -3.36. The number of amides is 1. The molecule has 2 aliphatic rings. The summed E-state index contributed by atoms with van der Waals surface area (Å²) in [4.78, 5) is 17.0. The molecule has 0 bridgehead atoms. The van der Waals surface area contributed by atoms with Gasteiger partial charge in [0.15, 0.2) is 5.60 Å². The molecule has 1 saturated heterocycles. The van der Waals surface area contributed by atoms with Gasteiger partial charge in [0.2, 0.25) is 0 Å². The third-order valence-corrected chi connectivity index (χ3v) is 16.6. The lowest BCUT2D eigenvalue weighted by molar-refractivity contribution is -0.146. The number of aliphatic hydroxyl groups excluding tert-OH is 1. The van der Waals surface area contributed by atoms with Crippen LogP contribution in [-0.2, 0) is 28.2 Å². The number of fused-ring (bicyclic) bond motifs is 2. The van der Waals surface area contributed by atoms with Gasteiger partial charge >= 0.3 is 0 Å². The van der Waals surface area contributed by atoms with E-state index < -0.39 is 13.7 Å². The van der Waals surface area contributed by atoms with Gasteiger partial charge in [0, 0.05) is 32.3 Å². The highest BCUT2D eigenvalue weighted by Gasteiger charge is 2.66. The van der Waals surface area contributed by atoms with Crippen LogP contribution in [0.2, 0.25) is 18.6 Å². The largest absolute Gasteiger partial charge is 0.497 e. The average molecular weight is 878 g/mol. The quantitative estimate of drug-likeness (QED) is 0.109. The van der Waals surface area contributed by atoms with Crippen molar-refractivity contribution < 1.29 is 19.4 Å². The first-order chi connectivity index (χ1) is 24.6. The van der Waals surface area contributed by atoms with Gasteiger partial charge in [-0.3, -0.25) is 9.48 Å². The van der Waals surface area contributed by atoms with Crippen LogP contribution in [0.15, 0.2) is 108 Å². The minimum absolute atomic E-state index is 0.00892. The zero-order valence-corrected chi connectivity index (χ0v) is 33.9. The highest BCUT2D eigenvalue weighted by molar-refractivity contribution is 14.1. The van der Waals surface area contributed by atoms with E-state index in [1.807, 2.05) is 70.4 Å². The Balaban J connectivity index is 1.25. The van der Waals surface area contributed by atoms with E-state index in [1.54, 1.807) is 7.11 Å². The lowest BCUT2D eigenvalue weighted by Crippen LogP contribution is -2.51. The molecule has 51 heavy (non-hydrogen) atoms. The van der Waals surface area contributed by atoms with Gasteiger partial charge in [-0.05, 0) is 88.1 Å². The van der Waals surface area contributed by atoms with Gasteiger partial charge in [-0.15, -0.1) is 5.10 Å². The number of hydrogen-bond donors (Lipinski definition) is 1. The molecule has 2 aliphatic heterocycles. The normalized spacial score (nSPS) is 22.1. The van der Waals surface area contributed by atoms with Crippen LogP contribution < -0.4 is 14.8 Å². The standard InChI is InChI=1S/C40H42BrIN4O4Si/c1-26-38(51(3,4)32-17-15-31(49-2)16-18-32)37(20-21-45-24-35(43-44-45)33(25-47)28-8-6-5-7-9-28)50-40(26)34-22-29(41)12-19-36(34)46(39(40)48)23-27-10-13-30(42)14-11-27/h5-19,22,24,26,33,37-38,47H,20-21,23,25H2,1-4H3/t26-,33?,37+,38-,40+/m1/s1. The highest BCUT2D eigenvalue weighted by atomic mass is 127. The summed E-state index contributed by atoms with van der Waals surface area (Å²) >= 11 is 6.03. The van der Waals surface area contributed by atoms with Crippen molar-refractivity contribution in [3.05, 3.63) is 134 Å². The van der Waals surface area contributed by atoms with E-state index in [0.29, 0.717) is 19.5 Å². The number of hydrogen-bond acceptors (Lipinski definition) is 6. The van der Waals surface area contributed by atoms with Gasteiger partial charge in [-0.1, -0.05) is 101 Å². The van der Waals surface area contributed by atoms with Crippen molar-refractivity contribution in [2.45, 2.75) is 62.7 Å². The highest BCUT2D eigenvalue weighted by Crippen LogP contribution is 2.60. The molecule has 1 unspecified atom stereocenters. The van der Waals surface area contributed by atoms with E-state index in [2.05, 4.69) is 111 Å². The van der Waals surface area contributed by atoms with Crippen LogP contribution in [0, 0.1) is 9.49 Å². The number of aromatic nitrogens is 3. The molecule has 7 rings (SSSR count). The molecule has 8 nitrogen and oxygen atoms in total. The van der Waals surface area contributed by atoms with Crippen molar-refractivity contribution in [1.29, 1.82) is 0 Å². The second-order valence-electron chi connectivity index (χ2n) is 14.2. The smallest absolute Gasteiger partial charge is 0.264 e. The number of ether oxygens (including phenoxy) is 2. The van der Waals surface area contributed by atoms with Gasteiger partial charge in [0.05, 0.1) is 51.7 Å². The predicted molar refractivity (Wildman–Crippen MR) is 214 cm³/mol. The number of nitrogens with zero attached hydrogens (tertiary/aromatic N) is 4. The van der Waals surface area contributed by atoms with Crippen LogP contribution in [0.25, 0.3) is 0 Å². The minimum atomic E-state index is -2.31. The van der Waals surface area contributed by atoms with Crippen LogP contribution in [0.3, 0.4) is 0 Å². The summed E-state index contributed by atoms with van der Waals surface area (Å²) in [6.07, 6.45) is 2.35. The third-order valence-electron chi connectivity index (χ3n) is 11.0. The summed E-state index contributed by atoms with van der Waals surface area (Å²) in [5.74, 6) is 0.439. The van der Waals surface area contributed by atoms with Crippen molar-refractivity contribution in [2.24, 2.45) is 5.92 Å². The van der Waals surface area contributed by atoms with Crippen LogP contribution in [0.5, 0.6) is 5.75 Å². The van der Waals surface area contributed by atoms with Crippen LogP contribution in [0.4, 0.5) is 5.69 Å². The molecule has 0 radical (unpaired) electrons. The SMILES string of the molecule is COc1ccc([Si](C)(C)[C@H]2[C@H](CCn3cc(C(CO)c4ccccc4)nn3)O[C@@]3(C(=O)N(Cc4ccc(I)cc4)c4ccc(Br)cc43)[C@@H]2C)cc1. The summed E-state index contributed by atoms with van der Waals surface area (Å²) in [7, 11) is -0.625. The Bertz CT molecular complexity index is 2010. The maximum Gasteiger partial charge on any atom is 0.264 e. The van der Waals surface area contributed by atoms with Crippen LogP contribution in [0.1, 0.15) is 41.6 Å². The number of carbonyl (C=O) groups excluding carboxylic acids is 1. The van der Waals surface area contributed by atoms with E-state index in [1.165, 1.54) is 5.19 Å². The molecule has 4 aromatic carbocycles. The summed E-state index contributed by atoms with van der Waals surface area (Å²) in [6.45, 7) is 7.98. The Morgan fingerprint density at radius 3 is 2.45 bits per heavy atom. The molecule has 0 saturated carbocycles. The van der Waals surface area contributed by atoms with Crippen molar-refractivity contribution in [3.8, 4) is 5.75 Å². The fourth-order valence-electron chi connectivity index (χ4n) is 8.38. The molecular weight excluding hydrogens is 835 g/mol. The topological polar surface area (TPSA) is 89.7 Å². The lowest BCUT2D eigenvalue weighted by Gasteiger charge is -2.37. The average Bonchev–Trinajstić information content (AvgIpc) is 3.79. The fraction of sp³-hybridized carbons (Fsp3) is 0.325. The predicted octanol–water partition coefficient (Wildman–Crippen LogP) is 7.63. The fourth-order valence-corrected chi connectivity index (χ4v) is 13.2. The Kier molecular flexibility index (Phi) is 10.3. The van der Waals surface area contributed by atoms with Crippen LogP contribution >= 0.6 is 38.5 Å². The molecule has 0 aliphatic carbocycles. The van der Waals surface area contributed by atoms with E-state index in [9.17, 15) is 5.11 Å². The van der Waals surface area contributed by atoms with E-state index in [-0.39, 0.29) is 36.0 Å². The molecule has 1 amide bonds. The molecule has 1 fully saturated rings. The van der Waals surface area contributed by atoms with Gasteiger partial charge in [0.1, 0.15) is 5.75 Å². The summed E-state index contributed by atoms with van der Waals surface area (Å²) in [6, 6.07) is 32.8. The zero-order valence-electron chi connectivity index (χ0n) is 29.2. The molecule has 264 valence electrons. The second-order valence-corrected chi connectivity index (χ2v) is 21.0. The molecule has 3 heterocycles. The van der Waals surface area contributed by atoms with Gasteiger partial charge in [-0.2, -0.15) is 0 Å². The number of aryl methyl sites for hydroxylation is 1. The summed E-state index contributed by atoms with van der Waals surface area (Å²) in [5.41, 5.74) is 3.56. The molecule has 1 spiro atoms. The number of aliphatic hydroxyl groups is 1. The number of anilines is 1. The first-order valence-corrected chi connectivity index (χ1v) is 22.3. The lowest BCUT2D eigenvalue weighted by atomic mass is 9.82. The van der Waals surface area contributed by atoms with Crippen molar-refractivity contribution in [1.82, 2.24) is 15.0 Å². The minimum Gasteiger partial charge on any atom is -0.497 e. The molecule has 5 atom stereocenters. The van der Waals surface area contributed by atoms with Crippen LogP contribution in [-0.4, -0.2) is 53.9 Å². The third kappa shape index (κ3) is 6.60. The van der Waals surface area contributed by atoms with E-state index in [4.69, 9.17) is 9.47 Å². The summed E-state index contributed by atoms with van der Waals surface area (Å²) < 4.78 is 16.8. The van der Waals surface area contributed by atoms with Crippen molar-refractivity contribution in [3.63, 3.8) is 0 Å². The number of benzene rings is 4. The molecule has 1 N–H and O–H groups in total.